The Morgan fingerprint density at radius 1 is 1.21 bits per heavy atom. The Hall–Kier alpha value is -2.79. The Kier molecular flexibility index (Phi) is 4.53. The van der Waals surface area contributed by atoms with Gasteiger partial charge in [0.05, 0.1) is 16.7 Å². The minimum Gasteiger partial charge on any atom is -0.482 e. The highest BCUT2D eigenvalue weighted by atomic mass is 35.5. The van der Waals surface area contributed by atoms with Gasteiger partial charge in [-0.3, -0.25) is 4.79 Å². The van der Waals surface area contributed by atoms with E-state index in [9.17, 15) is 9.59 Å². The normalized spacial score (nSPS) is 10.7. The molecule has 0 aliphatic rings. The van der Waals surface area contributed by atoms with Crippen molar-refractivity contribution in [2.24, 2.45) is 0 Å². The fraction of sp³-hybridized carbons (Fsp3) is 0.111. The molecule has 0 saturated carbocycles. The van der Waals surface area contributed by atoms with Crippen molar-refractivity contribution >= 4 is 28.5 Å². The van der Waals surface area contributed by atoms with Crippen LogP contribution in [0.2, 0.25) is 5.02 Å². The summed E-state index contributed by atoms with van der Waals surface area (Å²) in [5.41, 5.74) is 1.52. The zero-order valence-corrected chi connectivity index (χ0v) is 13.2. The van der Waals surface area contributed by atoms with Crippen LogP contribution in [0.5, 0.6) is 5.75 Å². The van der Waals surface area contributed by atoms with E-state index in [1.165, 1.54) is 18.4 Å². The number of ether oxygens (including phenoxy) is 1. The lowest BCUT2D eigenvalue weighted by atomic mass is 10.0. The Morgan fingerprint density at radius 2 is 1.96 bits per heavy atom. The van der Waals surface area contributed by atoms with E-state index in [2.05, 4.69) is 0 Å². The number of hydrogen-bond acceptors (Lipinski definition) is 4. The molecule has 0 aliphatic carbocycles. The fourth-order valence-corrected chi connectivity index (χ4v) is 2.67. The maximum Gasteiger partial charge on any atom is 0.341 e. The molecule has 1 N–H and O–H groups in total. The van der Waals surface area contributed by atoms with Crippen molar-refractivity contribution in [3.8, 4) is 5.75 Å². The molecule has 0 radical (unpaired) electrons. The Bertz CT molecular complexity index is 947. The molecule has 2 aromatic carbocycles. The minimum absolute atomic E-state index is 0.163. The van der Waals surface area contributed by atoms with Crippen molar-refractivity contribution < 1.29 is 19.1 Å². The van der Waals surface area contributed by atoms with E-state index >= 15 is 0 Å². The Balaban J connectivity index is 2.00. The van der Waals surface area contributed by atoms with Crippen molar-refractivity contribution in [2.45, 2.75) is 6.42 Å². The molecular formula is C18H13ClO5. The van der Waals surface area contributed by atoms with E-state index in [-0.39, 0.29) is 27.2 Å². The van der Waals surface area contributed by atoms with E-state index in [0.29, 0.717) is 12.0 Å². The summed E-state index contributed by atoms with van der Waals surface area (Å²) in [7, 11) is 0. The van der Waals surface area contributed by atoms with E-state index in [1.54, 1.807) is 0 Å². The SMILES string of the molecule is O=C(O)COc1cc(Cl)c2c(=O)c(Cc3ccccc3)coc2c1. The van der Waals surface area contributed by atoms with E-state index in [1.807, 2.05) is 30.3 Å². The summed E-state index contributed by atoms with van der Waals surface area (Å²) in [5.74, 6) is -0.875. The van der Waals surface area contributed by atoms with Gasteiger partial charge in [-0.1, -0.05) is 41.9 Å². The molecule has 1 aromatic heterocycles. The summed E-state index contributed by atoms with van der Waals surface area (Å²) in [6.45, 7) is -0.502. The number of carboxylic acids is 1. The van der Waals surface area contributed by atoms with Gasteiger partial charge in [0.25, 0.3) is 0 Å². The molecule has 1 heterocycles. The fourth-order valence-electron chi connectivity index (χ4n) is 2.39. The molecule has 0 saturated heterocycles. The predicted octanol–water partition coefficient (Wildman–Crippen LogP) is 3.50. The first-order valence-electron chi connectivity index (χ1n) is 7.17. The second-order valence-electron chi connectivity index (χ2n) is 5.21. The number of fused-ring (bicyclic) bond motifs is 1. The molecule has 0 aliphatic heterocycles. The molecule has 0 amide bonds. The maximum atomic E-state index is 12.7. The van der Waals surface area contributed by atoms with Gasteiger partial charge >= 0.3 is 5.97 Å². The van der Waals surface area contributed by atoms with Crippen LogP contribution in [0.25, 0.3) is 11.0 Å². The van der Waals surface area contributed by atoms with Gasteiger partial charge in [-0.05, 0) is 11.6 Å². The van der Waals surface area contributed by atoms with Gasteiger partial charge in [0.15, 0.2) is 12.0 Å². The third-order valence-electron chi connectivity index (χ3n) is 3.47. The number of aliphatic carboxylic acids is 1. The zero-order chi connectivity index (χ0) is 17.1. The first-order chi connectivity index (χ1) is 11.5. The Labute approximate surface area is 142 Å². The number of hydrogen-bond donors (Lipinski definition) is 1. The lowest BCUT2D eigenvalue weighted by Gasteiger charge is -2.07. The van der Waals surface area contributed by atoms with Gasteiger partial charge in [-0.2, -0.15) is 0 Å². The largest absolute Gasteiger partial charge is 0.482 e. The van der Waals surface area contributed by atoms with Crippen molar-refractivity contribution in [3.63, 3.8) is 0 Å². The van der Waals surface area contributed by atoms with Crippen LogP contribution < -0.4 is 10.2 Å². The summed E-state index contributed by atoms with van der Waals surface area (Å²) in [4.78, 5) is 23.2. The number of halogens is 1. The highest BCUT2D eigenvalue weighted by Gasteiger charge is 2.13. The molecule has 0 fully saturated rings. The predicted molar refractivity (Wildman–Crippen MR) is 89.9 cm³/mol. The second-order valence-corrected chi connectivity index (χ2v) is 5.62. The number of carbonyl (C=O) groups is 1. The van der Waals surface area contributed by atoms with E-state index < -0.39 is 12.6 Å². The Morgan fingerprint density at radius 3 is 2.67 bits per heavy atom. The summed E-state index contributed by atoms with van der Waals surface area (Å²) in [5, 5.41) is 9.07. The van der Waals surface area contributed by atoms with Crippen LogP contribution in [0.4, 0.5) is 0 Å². The van der Waals surface area contributed by atoms with Crippen molar-refractivity contribution in [1.82, 2.24) is 0 Å². The first kappa shape index (κ1) is 16.1. The highest BCUT2D eigenvalue weighted by Crippen LogP contribution is 2.27. The van der Waals surface area contributed by atoms with Crippen LogP contribution in [0, 0.1) is 0 Å². The quantitative estimate of drug-likeness (QED) is 0.766. The van der Waals surface area contributed by atoms with Crippen LogP contribution in [0.3, 0.4) is 0 Å². The average Bonchev–Trinajstić information content (AvgIpc) is 2.56. The van der Waals surface area contributed by atoms with Gasteiger partial charge < -0.3 is 14.3 Å². The van der Waals surface area contributed by atoms with E-state index in [0.717, 1.165) is 5.56 Å². The lowest BCUT2D eigenvalue weighted by molar-refractivity contribution is -0.139. The van der Waals surface area contributed by atoms with Gasteiger partial charge in [0, 0.05) is 18.1 Å². The molecule has 0 unspecified atom stereocenters. The first-order valence-corrected chi connectivity index (χ1v) is 7.55. The monoisotopic (exact) mass is 344 g/mol. The number of benzene rings is 2. The number of rotatable bonds is 5. The molecule has 24 heavy (non-hydrogen) atoms. The van der Waals surface area contributed by atoms with Crippen LogP contribution in [-0.4, -0.2) is 17.7 Å². The molecule has 3 rings (SSSR count). The molecule has 0 bridgehead atoms. The third-order valence-corrected chi connectivity index (χ3v) is 3.77. The lowest BCUT2D eigenvalue weighted by Crippen LogP contribution is -2.11. The average molecular weight is 345 g/mol. The summed E-state index contributed by atoms with van der Waals surface area (Å²) in [6, 6.07) is 12.4. The van der Waals surface area contributed by atoms with Gasteiger partial charge in [-0.15, -0.1) is 0 Å². The standard InChI is InChI=1S/C18H13ClO5/c19-14-7-13(23-10-16(20)21)8-15-17(14)18(22)12(9-24-15)6-11-4-2-1-3-5-11/h1-5,7-9H,6,10H2,(H,20,21). The highest BCUT2D eigenvalue weighted by molar-refractivity contribution is 6.35. The molecular weight excluding hydrogens is 332 g/mol. The topological polar surface area (TPSA) is 76.7 Å². The smallest absolute Gasteiger partial charge is 0.341 e. The van der Waals surface area contributed by atoms with Crippen molar-refractivity contribution in [2.75, 3.05) is 6.61 Å². The molecule has 5 nitrogen and oxygen atoms in total. The number of carboxylic acid groups (broad SMARTS) is 1. The van der Waals surface area contributed by atoms with Crippen LogP contribution in [-0.2, 0) is 11.2 Å². The van der Waals surface area contributed by atoms with Crippen LogP contribution in [0.1, 0.15) is 11.1 Å². The van der Waals surface area contributed by atoms with E-state index in [4.69, 9.17) is 25.9 Å². The summed E-state index contributed by atoms with van der Waals surface area (Å²) in [6.07, 6.45) is 1.83. The van der Waals surface area contributed by atoms with Gasteiger partial charge in [0.2, 0.25) is 0 Å². The minimum atomic E-state index is -1.11. The van der Waals surface area contributed by atoms with Crippen LogP contribution in [0.15, 0.2) is 57.9 Å². The van der Waals surface area contributed by atoms with Gasteiger partial charge in [-0.25, -0.2) is 4.79 Å². The molecule has 6 heteroatoms. The third kappa shape index (κ3) is 3.41. The molecule has 0 atom stereocenters. The van der Waals surface area contributed by atoms with Crippen molar-refractivity contribution in [1.29, 1.82) is 0 Å². The molecule has 122 valence electrons. The van der Waals surface area contributed by atoms with Crippen molar-refractivity contribution in [3.05, 3.63) is 75.1 Å². The van der Waals surface area contributed by atoms with Gasteiger partial charge in [0.1, 0.15) is 11.3 Å². The summed E-state index contributed by atoms with van der Waals surface area (Å²) >= 11 is 6.17. The molecule has 0 spiro atoms. The molecule has 3 aromatic rings. The summed E-state index contributed by atoms with van der Waals surface area (Å²) < 4.78 is 10.6. The second kappa shape index (κ2) is 6.76. The maximum absolute atomic E-state index is 12.7. The van der Waals surface area contributed by atoms with Crippen LogP contribution >= 0.6 is 11.6 Å². The zero-order valence-electron chi connectivity index (χ0n) is 12.5.